The van der Waals surface area contributed by atoms with E-state index in [9.17, 15) is 43.5 Å². The first-order valence-corrected chi connectivity index (χ1v) is 44.6. The van der Waals surface area contributed by atoms with Crippen molar-refractivity contribution in [3.8, 4) is 0 Å². The van der Waals surface area contributed by atoms with Crippen molar-refractivity contribution in [2.45, 2.75) is 411 Å². The van der Waals surface area contributed by atoms with Crippen molar-refractivity contribution < 1.29 is 75.8 Å². The van der Waals surface area contributed by atoms with Crippen LogP contribution in [-0.4, -0.2) is 95.9 Å². The van der Waals surface area contributed by atoms with Gasteiger partial charge in [-0.3, -0.25) is 32.5 Å². The molecule has 5 atom stereocenters. The molecule has 4 N–H and O–H groups in total. The Morgan fingerprint density at radius 2 is 0.495 bits per heavy atom. The zero-order valence-corrected chi connectivity index (χ0v) is 66.6. The van der Waals surface area contributed by atoms with E-state index in [1.54, 1.807) is 0 Å². The molecule has 5 unspecified atom stereocenters. The average molecular weight is 1470 g/mol. The third-order valence-electron chi connectivity index (χ3n) is 18.2. The summed E-state index contributed by atoms with van der Waals surface area (Å²) in [6, 6.07) is 0. The number of carbonyl (C=O) groups excluding carboxylic acids is 3. The van der Waals surface area contributed by atoms with Crippen LogP contribution in [-0.2, 0) is 55.8 Å². The number of unbranched alkanes of at least 4 members (excludes halogenated alkanes) is 47. The van der Waals surface area contributed by atoms with Gasteiger partial charge in [-0.25, -0.2) is 9.13 Å². The van der Waals surface area contributed by atoms with Crippen molar-refractivity contribution in [1.82, 2.24) is 0 Å². The van der Waals surface area contributed by atoms with Gasteiger partial charge in [0.15, 0.2) is 6.10 Å². The molecule has 0 bridgehead atoms. The summed E-state index contributed by atoms with van der Waals surface area (Å²) in [6.45, 7) is 2.71. The molecule has 0 amide bonds. The van der Waals surface area contributed by atoms with Crippen LogP contribution in [0.4, 0.5) is 0 Å². The smallest absolute Gasteiger partial charge is 0.463 e. The van der Waals surface area contributed by atoms with E-state index >= 15 is 0 Å². The van der Waals surface area contributed by atoms with Crippen molar-refractivity contribution in [2.24, 2.45) is 0 Å². The largest absolute Gasteiger partial charge is 0.472 e. The SMILES string of the molecule is CCCCC/C=C\C/C=C\C/C=C\C/C=C\CCCCCCCCCCCCCCCCCCCCCC(=O)OCC(O)COP(=O)(O)OCC(O)COP(=O)(O)OCC(COC(=O)CCCCCCC/C=C\CCCCCCCC)OC(=O)CCCCCCCCCCCCCCCCC. The lowest BCUT2D eigenvalue weighted by molar-refractivity contribution is -0.161. The van der Waals surface area contributed by atoms with Crippen LogP contribution in [0, 0.1) is 0 Å². The molecule has 0 aromatic heterocycles. The lowest BCUT2D eigenvalue weighted by Crippen LogP contribution is -2.30. The number of carbonyl (C=O) groups is 3. The monoisotopic (exact) mass is 1470 g/mol. The van der Waals surface area contributed by atoms with E-state index in [0.29, 0.717) is 19.3 Å². The van der Waals surface area contributed by atoms with E-state index in [4.69, 9.17) is 32.3 Å². The molecule has 0 heterocycles. The van der Waals surface area contributed by atoms with Crippen LogP contribution in [0.5, 0.6) is 0 Å². The number of rotatable bonds is 80. The van der Waals surface area contributed by atoms with Crippen molar-refractivity contribution in [3.05, 3.63) is 60.8 Å². The predicted octanol–water partition coefficient (Wildman–Crippen LogP) is 24.4. The lowest BCUT2D eigenvalue weighted by Gasteiger charge is -2.21. The lowest BCUT2D eigenvalue weighted by atomic mass is 10.0. The van der Waals surface area contributed by atoms with Gasteiger partial charge in [0, 0.05) is 19.3 Å². The molecule has 0 fully saturated rings. The first kappa shape index (κ1) is 98.2. The number of esters is 3. The molecule has 18 heteroatoms. The van der Waals surface area contributed by atoms with Crippen LogP contribution in [0.2, 0.25) is 0 Å². The Morgan fingerprint density at radius 3 is 0.812 bits per heavy atom. The zero-order chi connectivity index (χ0) is 73.7. The van der Waals surface area contributed by atoms with Crippen LogP contribution in [0.15, 0.2) is 60.8 Å². The second kappa shape index (κ2) is 76.9. The Bertz CT molecular complexity index is 2080. The molecule has 0 spiro atoms. The molecule has 592 valence electrons. The summed E-state index contributed by atoms with van der Waals surface area (Å²) in [5.74, 6) is -1.56. The number of allylic oxidation sites excluding steroid dienone is 10. The summed E-state index contributed by atoms with van der Waals surface area (Å²) >= 11 is 0. The number of phosphoric ester groups is 2. The van der Waals surface area contributed by atoms with Gasteiger partial charge < -0.3 is 34.2 Å². The number of hydrogen-bond donors (Lipinski definition) is 4. The second-order valence-electron chi connectivity index (χ2n) is 28.3. The Morgan fingerprint density at radius 1 is 0.277 bits per heavy atom. The van der Waals surface area contributed by atoms with Gasteiger partial charge in [0.05, 0.1) is 26.4 Å². The summed E-state index contributed by atoms with van der Waals surface area (Å²) in [5, 5.41) is 20.6. The third-order valence-corrected chi connectivity index (χ3v) is 20.1. The highest BCUT2D eigenvalue weighted by atomic mass is 31.2. The molecule has 0 rings (SSSR count). The van der Waals surface area contributed by atoms with Crippen molar-refractivity contribution in [1.29, 1.82) is 0 Å². The topological polar surface area (TPSA) is 231 Å². The first-order chi connectivity index (χ1) is 49.2. The molecule has 0 aliphatic rings. The van der Waals surface area contributed by atoms with Crippen molar-refractivity contribution in [3.63, 3.8) is 0 Å². The van der Waals surface area contributed by atoms with Crippen LogP contribution >= 0.6 is 15.6 Å². The Labute approximate surface area is 618 Å². The third kappa shape index (κ3) is 78.2. The average Bonchev–Trinajstić information content (AvgIpc) is 1.74. The van der Waals surface area contributed by atoms with Crippen LogP contribution < -0.4 is 0 Å². The van der Waals surface area contributed by atoms with E-state index in [2.05, 4.69) is 81.5 Å². The fourth-order valence-corrected chi connectivity index (χ4v) is 13.4. The van der Waals surface area contributed by atoms with Gasteiger partial charge in [-0.1, -0.05) is 345 Å². The van der Waals surface area contributed by atoms with Gasteiger partial charge in [-0.15, -0.1) is 0 Å². The minimum atomic E-state index is -4.92. The molecule has 101 heavy (non-hydrogen) atoms. The number of hydrogen-bond acceptors (Lipinski definition) is 14. The molecule has 0 aromatic rings. The summed E-state index contributed by atoms with van der Waals surface area (Å²) in [7, 11) is -9.77. The van der Waals surface area contributed by atoms with Gasteiger partial charge in [0.25, 0.3) is 0 Å². The summed E-state index contributed by atoms with van der Waals surface area (Å²) < 4.78 is 61.1. The fourth-order valence-electron chi connectivity index (χ4n) is 11.8. The molecule has 16 nitrogen and oxygen atoms in total. The maximum atomic E-state index is 12.9. The van der Waals surface area contributed by atoms with Crippen LogP contribution in [0.25, 0.3) is 0 Å². The summed E-state index contributed by atoms with van der Waals surface area (Å²) in [4.78, 5) is 58.6. The molecule has 0 saturated heterocycles. The zero-order valence-electron chi connectivity index (χ0n) is 64.8. The molecular formula is C83H154O16P2. The normalized spacial score (nSPS) is 14.2. The van der Waals surface area contributed by atoms with Gasteiger partial charge in [-0.05, 0) is 89.9 Å². The minimum Gasteiger partial charge on any atom is -0.463 e. The highest BCUT2D eigenvalue weighted by molar-refractivity contribution is 7.47. The standard InChI is InChI=1S/C83H154O16P2/c1-4-7-10-13-16-19-22-25-28-29-30-31-32-33-34-35-36-37-38-39-40-41-42-43-44-45-46-47-50-52-54-57-60-63-66-69-81(86)93-72-78(84)73-95-100(89,90)96-74-79(85)75-97-101(91,92)98-77-80(99-83(88)71-68-65-62-59-56-53-49-27-24-21-18-15-12-9-6-3)76-94-82(87)70-67-64-61-58-55-51-48-26-23-20-17-14-11-8-5-2/h16,19,25-26,28,30-31,33-34,48,78-80,84-85H,4-15,17-18,20-24,27,29,32,35-47,49-77H2,1-3H3,(H,89,90)(H,91,92)/b19-16-,28-25-,31-30-,34-33-,48-26-. The van der Waals surface area contributed by atoms with Crippen molar-refractivity contribution in [2.75, 3.05) is 39.6 Å². The number of aliphatic hydroxyl groups excluding tert-OH is 2. The minimum absolute atomic E-state index is 0.111. The highest BCUT2D eigenvalue weighted by Crippen LogP contribution is 2.45. The maximum absolute atomic E-state index is 12.9. The van der Waals surface area contributed by atoms with Crippen LogP contribution in [0.1, 0.15) is 393 Å². The molecular weight excluding hydrogens is 1310 g/mol. The predicted molar refractivity (Wildman–Crippen MR) is 418 cm³/mol. The summed E-state index contributed by atoms with van der Waals surface area (Å²) in [5.41, 5.74) is 0. The van der Waals surface area contributed by atoms with Crippen molar-refractivity contribution >= 4 is 33.6 Å². The Kier molecular flexibility index (Phi) is 74.8. The second-order valence-corrected chi connectivity index (χ2v) is 31.2. The molecule has 0 aromatic carbocycles. The van der Waals surface area contributed by atoms with E-state index in [-0.39, 0.29) is 19.3 Å². The number of aliphatic hydroxyl groups is 2. The number of phosphoric acid groups is 2. The quantitative estimate of drug-likeness (QED) is 0.0146. The van der Waals surface area contributed by atoms with Gasteiger partial charge in [0.1, 0.15) is 25.4 Å². The molecule has 0 aliphatic carbocycles. The first-order valence-electron chi connectivity index (χ1n) is 41.6. The van der Waals surface area contributed by atoms with Gasteiger partial charge >= 0.3 is 33.6 Å². The van der Waals surface area contributed by atoms with E-state index in [1.807, 2.05) is 0 Å². The summed E-state index contributed by atoms with van der Waals surface area (Å²) in [6.07, 6.45) is 84.3. The maximum Gasteiger partial charge on any atom is 0.472 e. The van der Waals surface area contributed by atoms with Gasteiger partial charge in [0.2, 0.25) is 0 Å². The van der Waals surface area contributed by atoms with E-state index in [0.717, 1.165) is 103 Å². The fraction of sp³-hybridized carbons (Fsp3) is 0.843. The van der Waals surface area contributed by atoms with E-state index < -0.39 is 91.5 Å². The Hall–Kier alpha value is -2.75. The number of ether oxygens (including phenoxy) is 3. The van der Waals surface area contributed by atoms with Crippen LogP contribution in [0.3, 0.4) is 0 Å². The van der Waals surface area contributed by atoms with E-state index in [1.165, 1.54) is 231 Å². The van der Waals surface area contributed by atoms with Gasteiger partial charge in [-0.2, -0.15) is 0 Å². The Balaban J connectivity index is 4.32. The highest BCUT2D eigenvalue weighted by Gasteiger charge is 2.29. The molecule has 0 radical (unpaired) electrons. The molecule has 0 saturated carbocycles. The molecule has 0 aliphatic heterocycles.